The Kier molecular flexibility index (Phi) is 9.18. The Morgan fingerprint density at radius 2 is 2.04 bits per heavy atom. The Balaban J connectivity index is 2.00. The average molecular weight is 395 g/mol. The van der Waals surface area contributed by atoms with Crippen LogP contribution >= 0.6 is 0 Å². The summed E-state index contributed by atoms with van der Waals surface area (Å²) in [5, 5.41) is 10.2. The molecule has 0 radical (unpaired) electrons. The second kappa shape index (κ2) is 11.4. The molecular formula is C21H34N2O5. The second-order valence-electron chi connectivity index (χ2n) is 7.54. The number of hydrogen-bond acceptors (Lipinski definition) is 6. The van der Waals surface area contributed by atoms with Crippen LogP contribution in [0.4, 0.5) is 0 Å². The molecule has 0 spiro atoms. The van der Waals surface area contributed by atoms with Crippen LogP contribution in [0.5, 0.6) is 5.75 Å². The van der Waals surface area contributed by atoms with E-state index in [1.807, 2.05) is 13.8 Å². The number of ether oxygens (including phenoxy) is 3. The van der Waals surface area contributed by atoms with Gasteiger partial charge in [0.1, 0.15) is 5.75 Å². The van der Waals surface area contributed by atoms with Crippen LogP contribution in [0.2, 0.25) is 0 Å². The number of benzene rings is 1. The molecule has 1 N–H and O–H groups in total. The number of β-amino-alcohol motifs (C(OH)–C–C–N with tert-alkyl or cyclic N) is 1. The minimum absolute atomic E-state index is 0.0531. The van der Waals surface area contributed by atoms with Crippen molar-refractivity contribution in [2.24, 2.45) is 5.92 Å². The summed E-state index contributed by atoms with van der Waals surface area (Å²) >= 11 is 0. The van der Waals surface area contributed by atoms with Gasteiger partial charge in [-0.15, -0.1) is 0 Å². The Bertz CT molecular complexity index is 593. The summed E-state index contributed by atoms with van der Waals surface area (Å²) in [6.07, 6.45) is -0.448. The summed E-state index contributed by atoms with van der Waals surface area (Å²) < 4.78 is 16.3. The average Bonchev–Trinajstić information content (AvgIpc) is 2.70. The van der Waals surface area contributed by atoms with Crippen molar-refractivity contribution in [3.63, 3.8) is 0 Å². The number of hydrogen-bond donors (Lipinski definition) is 1. The van der Waals surface area contributed by atoms with Crippen molar-refractivity contribution >= 4 is 5.91 Å². The van der Waals surface area contributed by atoms with Crippen LogP contribution in [0.25, 0.3) is 0 Å². The van der Waals surface area contributed by atoms with Crippen molar-refractivity contribution in [1.29, 1.82) is 0 Å². The molecule has 0 aliphatic carbocycles. The van der Waals surface area contributed by atoms with E-state index in [4.69, 9.17) is 14.2 Å². The number of nitrogens with zero attached hydrogens (tertiary/aromatic N) is 2. The fraction of sp³-hybridized carbons (Fsp3) is 0.667. The molecule has 1 aromatic carbocycles. The fourth-order valence-corrected chi connectivity index (χ4v) is 3.17. The number of aliphatic hydroxyl groups is 1. The van der Waals surface area contributed by atoms with Crippen molar-refractivity contribution in [2.45, 2.75) is 26.1 Å². The third-order valence-electron chi connectivity index (χ3n) is 5.05. The topological polar surface area (TPSA) is 71.5 Å². The molecule has 1 amide bonds. The molecule has 0 bridgehead atoms. The van der Waals surface area contributed by atoms with Gasteiger partial charge in [0.15, 0.2) is 0 Å². The van der Waals surface area contributed by atoms with E-state index in [2.05, 4.69) is 4.90 Å². The Morgan fingerprint density at radius 3 is 2.64 bits per heavy atom. The Hall–Kier alpha value is -1.67. The monoisotopic (exact) mass is 394 g/mol. The number of carbonyl (C=O) groups is 1. The normalized spacial score (nSPS) is 18.9. The molecule has 1 heterocycles. The van der Waals surface area contributed by atoms with Gasteiger partial charge in [0, 0.05) is 45.4 Å². The first-order chi connectivity index (χ1) is 13.4. The van der Waals surface area contributed by atoms with Crippen LogP contribution in [0.1, 0.15) is 24.2 Å². The van der Waals surface area contributed by atoms with Gasteiger partial charge in [-0.25, -0.2) is 0 Å². The van der Waals surface area contributed by atoms with Crippen LogP contribution in [0.15, 0.2) is 24.3 Å². The lowest BCUT2D eigenvalue weighted by atomic mass is 10.1. The van der Waals surface area contributed by atoms with Gasteiger partial charge in [-0.3, -0.25) is 9.69 Å². The largest absolute Gasteiger partial charge is 0.497 e. The van der Waals surface area contributed by atoms with Crippen LogP contribution < -0.4 is 4.74 Å². The van der Waals surface area contributed by atoms with Crippen molar-refractivity contribution in [1.82, 2.24) is 9.80 Å². The highest BCUT2D eigenvalue weighted by Crippen LogP contribution is 2.15. The third kappa shape index (κ3) is 6.74. The number of morpholine rings is 1. The quantitative estimate of drug-likeness (QED) is 0.649. The van der Waals surface area contributed by atoms with Crippen LogP contribution in [0.3, 0.4) is 0 Å². The first-order valence-corrected chi connectivity index (χ1v) is 9.88. The van der Waals surface area contributed by atoms with E-state index in [0.717, 1.165) is 12.3 Å². The van der Waals surface area contributed by atoms with E-state index in [9.17, 15) is 9.90 Å². The van der Waals surface area contributed by atoms with E-state index >= 15 is 0 Å². The fourth-order valence-electron chi connectivity index (χ4n) is 3.17. The highest BCUT2D eigenvalue weighted by molar-refractivity contribution is 5.94. The summed E-state index contributed by atoms with van der Waals surface area (Å²) in [5.74, 6) is 0.883. The Morgan fingerprint density at radius 1 is 1.32 bits per heavy atom. The zero-order chi connectivity index (χ0) is 20.5. The van der Waals surface area contributed by atoms with Crippen molar-refractivity contribution in [2.75, 3.05) is 60.2 Å². The van der Waals surface area contributed by atoms with E-state index in [1.54, 1.807) is 43.4 Å². The first kappa shape index (κ1) is 22.6. The summed E-state index contributed by atoms with van der Waals surface area (Å²) in [6.45, 7) is 8.20. The molecule has 1 aliphatic heterocycles. The molecular weight excluding hydrogens is 360 g/mol. The van der Waals surface area contributed by atoms with Gasteiger partial charge in [-0.05, 0) is 30.2 Å². The molecule has 1 aliphatic rings. The third-order valence-corrected chi connectivity index (χ3v) is 5.05. The van der Waals surface area contributed by atoms with Gasteiger partial charge < -0.3 is 24.2 Å². The van der Waals surface area contributed by atoms with Crippen molar-refractivity contribution in [3.05, 3.63) is 29.8 Å². The molecule has 7 nitrogen and oxygen atoms in total. The summed E-state index contributed by atoms with van der Waals surface area (Å²) in [5.41, 5.74) is 0.611. The standard InChI is InChI=1S/C21H34N2O5/c1-16(2)20(24)15-22-9-12-28-19(13-22)14-23(10-11-26-3)21(25)17-5-7-18(27-4)8-6-17/h5-8,16,19-20,24H,9-15H2,1-4H3/t19-,20-/m1/s1. The summed E-state index contributed by atoms with van der Waals surface area (Å²) in [7, 11) is 3.23. The van der Waals surface area contributed by atoms with Gasteiger partial charge in [-0.1, -0.05) is 13.8 Å². The van der Waals surface area contributed by atoms with E-state index < -0.39 is 0 Å². The molecule has 1 aromatic rings. The predicted molar refractivity (Wildman–Crippen MR) is 108 cm³/mol. The summed E-state index contributed by atoms with van der Waals surface area (Å²) in [6, 6.07) is 7.11. The van der Waals surface area contributed by atoms with Crippen LogP contribution in [-0.4, -0.2) is 93.2 Å². The van der Waals surface area contributed by atoms with Gasteiger partial charge in [-0.2, -0.15) is 0 Å². The smallest absolute Gasteiger partial charge is 0.254 e. The molecule has 1 saturated heterocycles. The Labute approximate surface area is 168 Å². The zero-order valence-corrected chi connectivity index (χ0v) is 17.5. The lowest BCUT2D eigenvalue weighted by Gasteiger charge is -2.37. The number of carbonyl (C=O) groups excluding carboxylic acids is 1. The highest BCUT2D eigenvalue weighted by Gasteiger charge is 2.27. The number of aliphatic hydroxyl groups excluding tert-OH is 1. The lowest BCUT2D eigenvalue weighted by molar-refractivity contribution is -0.0551. The van der Waals surface area contributed by atoms with Gasteiger partial charge in [0.2, 0.25) is 0 Å². The van der Waals surface area contributed by atoms with Crippen LogP contribution in [0, 0.1) is 5.92 Å². The zero-order valence-electron chi connectivity index (χ0n) is 17.5. The van der Waals surface area contributed by atoms with Crippen molar-refractivity contribution in [3.8, 4) is 5.75 Å². The van der Waals surface area contributed by atoms with E-state index in [0.29, 0.717) is 45.0 Å². The molecule has 28 heavy (non-hydrogen) atoms. The van der Waals surface area contributed by atoms with Gasteiger partial charge >= 0.3 is 0 Å². The molecule has 7 heteroatoms. The molecule has 2 atom stereocenters. The number of amides is 1. The minimum Gasteiger partial charge on any atom is -0.497 e. The van der Waals surface area contributed by atoms with Crippen molar-refractivity contribution < 1.29 is 24.1 Å². The van der Waals surface area contributed by atoms with E-state index in [-0.39, 0.29) is 24.0 Å². The molecule has 1 fully saturated rings. The van der Waals surface area contributed by atoms with Gasteiger partial charge in [0.05, 0.1) is 32.5 Å². The summed E-state index contributed by atoms with van der Waals surface area (Å²) in [4.78, 5) is 17.0. The van der Waals surface area contributed by atoms with Gasteiger partial charge in [0.25, 0.3) is 5.91 Å². The van der Waals surface area contributed by atoms with E-state index in [1.165, 1.54) is 0 Å². The first-order valence-electron chi connectivity index (χ1n) is 9.88. The number of methoxy groups -OCH3 is 2. The molecule has 0 aromatic heterocycles. The maximum atomic E-state index is 13.0. The SMILES string of the molecule is COCCN(C[C@H]1CN(C[C@@H](O)C(C)C)CCO1)C(=O)c1ccc(OC)cc1. The molecule has 0 unspecified atom stereocenters. The minimum atomic E-state index is -0.357. The van der Waals surface area contributed by atoms with Crippen LogP contribution in [-0.2, 0) is 9.47 Å². The predicted octanol–water partition coefficient (Wildman–Crippen LogP) is 1.50. The maximum absolute atomic E-state index is 13.0. The maximum Gasteiger partial charge on any atom is 0.254 e. The molecule has 0 saturated carbocycles. The lowest BCUT2D eigenvalue weighted by Crippen LogP contribution is -2.51. The number of rotatable bonds is 10. The molecule has 158 valence electrons. The molecule has 2 rings (SSSR count). The highest BCUT2D eigenvalue weighted by atomic mass is 16.5. The second-order valence-corrected chi connectivity index (χ2v) is 7.54.